The Labute approximate surface area is 139 Å². The Balaban J connectivity index is 2.10. The lowest BCUT2D eigenvalue weighted by Crippen LogP contribution is -2.33. The summed E-state index contributed by atoms with van der Waals surface area (Å²) >= 11 is 0. The van der Waals surface area contributed by atoms with Crippen LogP contribution in [-0.4, -0.2) is 12.5 Å². The second kappa shape index (κ2) is 9.14. The van der Waals surface area contributed by atoms with E-state index < -0.39 is 0 Å². The molecule has 0 aliphatic rings. The first-order chi connectivity index (χ1) is 11.2. The van der Waals surface area contributed by atoms with E-state index in [4.69, 9.17) is 0 Å². The molecule has 2 nitrogen and oxygen atoms in total. The van der Waals surface area contributed by atoms with Crippen LogP contribution in [0.4, 0.5) is 0 Å². The highest BCUT2D eigenvalue weighted by Crippen LogP contribution is 2.24. The summed E-state index contributed by atoms with van der Waals surface area (Å²) in [6, 6.07) is 20.0. The van der Waals surface area contributed by atoms with Crippen molar-refractivity contribution in [1.82, 2.24) is 5.32 Å². The van der Waals surface area contributed by atoms with Crippen LogP contribution in [0.5, 0.6) is 0 Å². The van der Waals surface area contributed by atoms with Gasteiger partial charge in [0.1, 0.15) is 0 Å². The van der Waals surface area contributed by atoms with Crippen LogP contribution in [0, 0.1) is 5.92 Å². The van der Waals surface area contributed by atoms with Crippen molar-refractivity contribution in [3.8, 4) is 0 Å². The molecule has 122 valence electrons. The third-order valence-electron chi connectivity index (χ3n) is 4.20. The number of rotatable bonds is 8. The average Bonchev–Trinajstić information content (AvgIpc) is 2.60. The van der Waals surface area contributed by atoms with E-state index in [1.165, 1.54) is 12.8 Å². The van der Waals surface area contributed by atoms with Gasteiger partial charge in [0.25, 0.3) is 0 Å². The van der Waals surface area contributed by atoms with Crippen molar-refractivity contribution in [2.75, 3.05) is 6.54 Å². The molecule has 0 saturated heterocycles. The van der Waals surface area contributed by atoms with Crippen molar-refractivity contribution in [2.45, 2.75) is 39.0 Å². The summed E-state index contributed by atoms with van der Waals surface area (Å²) < 4.78 is 0. The summed E-state index contributed by atoms with van der Waals surface area (Å²) in [5, 5.41) is 3.15. The van der Waals surface area contributed by atoms with Gasteiger partial charge in [-0.1, -0.05) is 87.4 Å². The number of amides is 1. The predicted octanol–water partition coefficient (Wildman–Crippen LogP) is 4.76. The van der Waals surface area contributed by atoms with E-state index in [0.29, 0.717) is 5.92 Å². The fourth-order valence-corrected chi connectivity index (χ4v) is 2.82. The maximum absolute atomic E-state index is 12.8. The Morgan fingerprint density at radius 1 is 0.957 bits per heavy atom. The van der Waals surface area contributed by atoms with E-state index in [0.717, 1.165) is 24.1 Å². The lowest BCUT2D eigenvalue weighted by Gasteiger charge is -2.19. The van der Waals surface area contributed by atoms with Gasteiger partial charge in [-0.3, -0.25) is 4.79 Å². The summed E-state index contributed by atoms with van der Waals surface area (Å²) in [5.74, 6) is 0.368. The van der Waals surface area contributed by atoms with Crippen LogP contribution >= 0.6 is 0 Å². The molecule has 0 bridgehead atoms. The van der Waals surface area contributed by atoms with Crippen LogP contribution in [0.25, 0.3) is 0 Å². The minimum Gasteiger partial charge on any atom is -0.355 e. The van der Waals surface area contributed by atoms with E-state index in [1.807, 2.05) is 60.7 Å². The van der Waals surface area contributed by atoms with Gasteiger partial charge in [-0.25, -0.2) is 0 Å². The van der Waals surface area contributed by atoms with Gasteiger partial charge in [0.2, 0.25) is 5.91 Å². The third kappa shape index (κ3) is 5.24. The first-order valence-corrected chi connectivity index (χ1v) is 8.60. The van der Waals surface area contributed by atoms with Crippen molar-refractivity contribution in [3.05, 3.63) is 71.8 Å². The van der Waals surface area contributed by atoms with Gasteiger partial charge in [0.05, 0.1) is 5.92 Å². The molecule has 0 fully saturated rings. The first kappa shape index (κ1) is 17.3. The number of unbranched alkanes of at least 4 members (excludes halogenated alkanes) is 1. The zero-order chi connectivity index (χ0) is 16.5. The second-order valence-corrected chi connectivity index (χ2v) is 6.25. The van der Waals surface area contributed by atoms with Gasteiger partial charge < -0.3 is 5.32 Å². The number of hydrogen-bond donors (Lipinski definition) is 1. The Kier molecular flexibility index (Phi) is 6.86. The average molecular weight is 309 g/mol. The van der Waals surface area contributed by atoms with E-state index in [2.05, 4.69) is 19.2 Å². The van der Waals surface area contributed by atoms with Gasteiger partial charge in [-0.05, 0) is 23.5 Å². The van der Waals surface area contributed by atoms with Crippen molar-refractivity contribution >= 4 is 5.91 Å². The number of nitrogens with one attached hydrogen (secondary N) is 1. The molecule has 0 aromatic heterocycles. The molecule has 2 heteroatoms. The summed E-state index contributed by atoms with van der Waals surface area (Å²) in [6.07, 6.45) is 3.59. The largest absolute Gasteiger partial charge is 0.355 e. The van der Waals surface area contributed by atoms with E-state index in [9.17, 15) is 4.79 Å². The fourth-order valence-electron chi connectivity index (χ4n) is 2.82. The zero-order valence-corrected chi connectivity index (χ0v) is 14.2. The molecule has 2 rings (SSSR count). The van der Waals surface area contributed by atoms with Gasteiger partial charge in [0, 0.05) is 6.54 Å². The zero-order valence-electron chi connectivity index (χ0n) is 14.2. The molecular formula is C21H27NO. The van der Waals surface area contributed by atoms with Crippen LogP contribution in [0.1, 0.15) is 50.2 Å². The second-order valence-electron chi connectivity index (χ2n) is 6.25. The van der Waals surface area contributed by atoms with Crippen LogP contribution in [0.15, 0.2) is 60.7 Å². The van der Waals surface area contributed by atoms with Gasteiger partial charge in [-0.15, -0.1) is 0 Å². The molecule has 1 amide bonds. The number of carbonyl (C=O) groups is 1. The number of hydrogen-bond acceptors (Lipinski definition) is 1. The molecular weight excluding hydrogens is 282 g/mol. The number of carbonyl (C=O) groups excluding carboxylic acids is 1. The Bertz CT molecular complexity index is 540. The molecule has 2 aromatic carbocycles. The van der Waals surface area contributed by atoms with Crippen molar-refractivity contribution in [3.63, 3.8) is 0 Å². The standard InChI is InChI=1S/C21H27NO/c1-3-4-11-17(2)16-22-21(23)20(18-12-7-5-8-13-18)19-14-9-6-10-15-19/h5-10,12-15,17,20H,3-4,11,16H2,1-2H3,(H,22,23)/t17-/m0/s1. The molecule has 2 aromatic rings. The van der Waals surface area contributed by atoms with E-state index >= 15 is 0 Å². The molecule has 1 N–H and O–H groups in total. The summed E-state index contributed by atoms with van der Waals surface area (Å²) in [4.78, 5) is 12.8. The molecule has 0 heterocycles. The van der Waals surface area contributed by atoms with E-state index in [-0.39, 0.29) is 11.8 Å². The molecule has 0 saturated carbocycles. The lowest BCUT2D eigenvalue weighted by atomic mass is 9.90. The smallest absolute Gasteiger partial charge is 0.232 e. The monoisotopic (exact) mass is 309 g/mol. The molecule has 23 heavy (non-hydrogen) atoms. The quantitative estimate of drug-likeness (QED) is 0.748. The van der Waals surface area contributed by atoms with Crippen molar-refractivity contribution < 1.29 is 4.79 Å². The number of benzene rings is 2. The minimum atomic E-state index is -0.240. The summed E-state index contributed by atoms with van der Waals surface area (Å²) in [5.41, 5.74) is 2.08. The van der Waals surface area contributed by atoms with Crippen LogP contribution in [-0.2, 0) is 4.79 Å². The molecule has 1 atom stereocenters. The maximum Gasteiger partial charge on any atom is 0.232 e. The van der Waals surface area contributed by atoms with E-state index in [1.54, 1.807) is 0 Å². The molecule has 0 aliphatic heterocycles. The normalized spacial score (nSPS) is 12.1. The predicted molar refractivity (Wildman–Crippen MR) is 96.4 cm³/mol. The van der Waals surface area contributed by atoms with Gasteiger partial charge in [0.15, 0.2) is 0 Å². The highest BCUT2D eigenvalue weighted by Gasteiger charge is 2.22. The van der Waals surface area contributed by atoms with Gasteiger partial charge in [-0.2, -0.15) is 0 Å². The van der Waals surface area contributed by atoms with Crippen molar-refractivity contribution in [2.24, 2.45) is 5.92 Å². The summed E-state index contributed by atoms with van der Waals surface area (Å²) in [7, 11) is 0. The lowest BCUT2D eigenvalue weighted by molar-refractivity contribution is -0.121. The molecule has 0 radical (unpaired) electrons. The SMILES string of the molecule is CCCC[C@H](C)CNC(=O)C(c1ccccc1)c1ccccc1. The van der Waals surface area contributed by atoms with Crippen LogP contribution in [0.3, 0.4) is 0 Å². The third-order valence-corrected chi connectivity index (χ3v) is 4.20. The van der Waals surface area contributed by atoms with Crippen LogP contribution in [0.2, 0.25) is 0 Å². The highest BCUT2D eigenvalue weighted by atomic mass is 16.1. The van der Waals surface area contributed by atoms with Gasteiger partial charge >= 0.3 is 0 Å². The Morgan fingerprint density at radius 2 is 1.48 bits per heavy atom. The maximum atomic E-state index is 12.8. The topological polar surface area (TPSA) is 29.1 Å². The summed E-state index contributed by atoms with van der Waals surface area (Å²) in [6.45, 7) is 5.15. The van der Waals surface area contributed by atoms with Crippen LogP contribution < -0.4 is 5.32 Å². The Hall–Kier alpha value is -2.09. The Morgan fingerprint density at radius 3 is 1.96 bits per heavy atom. The molecule has 0 aliphatic carbocycles. The molecule has 0 unspecified atom stereocenters. The minimum absolute atomic E-state index is 0.0887. The fraction of sp³-hybridized carbons (Fsp3) is 0.381. The molecule has 0 spiro atoms. The first-order valence-electron chi connectivity index (χ1n) is 8.60. The van der Waals surface area contributed by atoms with Crippen molar-refractivity contribution in [1.29, 1.82) is 0 Å². The highest BCUT2D eigenvalue weighted by molar-refractivity contribution is 5.87.